The molecule has 2 aromatic rings. The molecule has 0 atom stereocenters. The van der Waals surface area contributed by atoms with E-state index in [1.807, 2.05) is 25.1 Å². The Morgan fingerprint density at radius 1 is 0.914 bits per heavy atom. The largest absolute Gasteiger partial charge is 0.452 e. The second kappa shape index (κ2) is 11.2. The maximum absolute atomic E-state index is 13.6. The number of ether oxygens (including phenoxy) is 1. The molecule has 2 aliphatic rings. The summed E-state index contributed by atoms with van der Waals surface area (Å²) in [6.07, 6.45) is 5.81. The molecule has 1 amide bonds. The van der Waals surface area contributed by atoms with E-state index in [1.165, 1.54) is 10.4 Å². The Balaban J connectivity index is 1.53. The number of anilines is 2. The zero-order valence-corrected chi connectivity index (χ0v) is 21.0. The van der Waals surface area contributed by atoms with E-state index >= 15 is 0 Å². The maximum atomic E-state index is 13.6. The van der Waals surface area contributed by atoms with E-state index in [-0.39, 0.29) is 10.5 Å². The molecular weight excluding hydrogens is 466 g/mol. The number of aryl methyl sites for hydroxylation is 1. The fourth-order valence-corrected chi connectivity index (χ4v) is 6.36. The topological polar surface area (TPSA) is 96.0 Å². The molecule has 4 rings (SSSR count). The highest BCUT2D eigenvalue weighted by Gasteiger charge is 2.31. The first kappa shape index (κ1) is 25.2. The van der Waals surface area contributed by atoms with Gasteiger partial charge in [-0.3, -0.25) is 4.79 Å². The van der Waals surface area contributed by atoms with Gasteiger partial charge in [-0.15, -0.1) is 0 Å². The van der Waals surface area contributed by atoms with E-state index in [2.05, 4.69) is 10.2 Å². The van der Waals surface area contributed by atoms with Crippen molar-refractivity contribution in [2.75, 3.05) is 43.0 Å². The van der Waals surface area contributed by atoms with Gasteiger partial charge in [0, 0.05) is 31.9 Å². The Hall–Kier alpha value is -2.91. The van der Waals surface area contributed by atoms with Gasteiger partial charge in [0.1, 0.15) is 4.90 Å². The minimum absolute atomic E-state index is 0.116. The highest BCUT2D eigenvalue weighted by atomic mass is 32.2. The predicted molar refractivity (Wildman–Crippen MR) is 135 cm³/mol. The molecule has 2 aromatic carbocycles. The second-order valence-corrected chi connectivity index (χ2v) is 11.0. The van der Waals surface area contributed by atoms with Crippen LogP contribution >= 0.6 is 0 Å². The summed E-state index contributed by atoms with van der Waals surface area (Å²) in [5.74, 6) is -1.19. The first-order valence-electron chi connectivity index (χ1n) is 12.3. The lowest BCUT2D eigenvalue weighted by atomic mass is 10.1. The molecule has 1 N–H and O–H groups in total. The van der Waals surface area contributed by atoms with E-state index in [1.54, 1.807) is 18.2 Å². The third-order valence-corrected chi connectivity index (χ3v) is 8.51. The SMILES string of the molecule is Cc1ccccc1NC(=O)COC(=O)c1ccc(N2CCCCC2)c(S(=O)(=O)N2CCCCC2)c1. The van der Waals surface area contributed by atoms with Crippen LogP contribution in [0.25, 0.3) is 0 Å². The molecule has 0 bridgehead atoms. The van der Waals surface area contributed by atoms with Crippen molar-refractivity contribution in [1.82, 2.24) is 4.31 Å². The van der Waals surface area contributed by atoms with Gasteiger partial charge in [0.05, 0.1) is 11.3 Å². The lowest BCUT2D eigenvalue weighted by Gasteiger charge is -2.33. The first-order valence-corrected chi connectivity index (χ1v) is 13.7. The Labute approximate surface area is 207 Å². The average molecular weight is 500 g/mol. The molecule has 188 valence electrons. The molecule has 35 heavy (non-hydrogen) atoms. The van der Waals surface area contributed by atoms with Crippen molar-refractivity contribution >= 4 is 33.3 Å². The first-order chi connectivity index (χ1) is 16.9. The number of carbonyl (C=O) groups excluding carboxylic acids is 2. The fraction of sp³-hybridized carbons (Fsp3) is 0.462. The summed E-state index contributed by atoms with van der Waals surface area (Å²) >= 11 is 0. The highest BCUT2D eigenvalue weighted by molar-refractivity contribution is 7.89. The van der Waals surface area contributed by atoms with Crippen LogP contribution in [0.2, 0.25) is 0 Å². The Morgan fingerprint density at radius 3 is 2.26 bits per heavy atom. The van der Waals surface area contributed by atoms with Crippen LogP contribution in [-0.4, -0.2) is 57.4 Å². The van der Waals surface area contributed by atoms with E-state index < -0.39 is 28.5 Å². The van der Waals surface area contributed by atoms with Crippen LogP contribution in [-0.2, 0) is 19.6 Å². The summed E-state index contributed by atoms with van der Waals surface area (Å²) < 4.78 is 34.0. The van der Waals surface area contributed by atoms with Gasteiger partial charge >= 0.3 is 5.97 Å². The molecule has 0 aromatic heterocycles. The van der Waals surface area contributed by atoms with Crippen LogP contribution in [0.15, 0.2) is 47.4 Å². The molecule has 0 radical (unpaired) electrons. The lowest BCUT2D eigenvalue weighted by molar-refractivity contribution is -0.119. The monoisotopic (exact) mass is 499 g/mol. The zero-order chi connectivity index (χ0) is 24.8. The van der Waals surface area contributed by atoms with E-state index in [4.69, 9.17) is 4.74 Å². The Bertz CT molecular complexity index is 1170. The van der Waals surface area contributed by atoms with Gasteiger partial charge in [-0.1, -0.05) is 24.6 Å². The van der Waals surface area contributed by atoms with E-state index in [0.717, 1.165) is 57.2 Å². The average Bonchev–Trinajstić information content (AvgIpc) is 2.89. The normalized spacial score (nSPS) is 17.1. The van der Waals surface area contributed by atoms with Gasteiger partial charge < -0.3 is 15.0 Å². The molecule has 0 spiro atoms. The number of carbonyl (C=O) groups is 2. The molecule has 9 heteroatoms. The number of rotatable bonds is 7. The smallest absolute Gasteiger partial charge is 0.338 e. The van der Waals surface area contributed by atoms with Gasteiger partial charge in [-0.25, -0.2) is 13.2 Å². The summed E-state index contributed by atoms with van der Waals surface area (Å²) in [7, 11) is -3.77. The molecule has 0 unspecified atom stereocenters. The van der Waals surface area contributed by atoms with Crippen LogP contribution in [0.5, 0.6) is 0 Å². The molecule has 2 heterocycles. The molecule has 0 saturated carbocycles. The van der Waals surface area contributed by atoms with Crippen molar-refractivity contribution in [3.05, 3.63) is 53.6 Å². The number of hydrogen-bond donors (Lipinski definition) is 1. The van der Waals surface area contributed by atoms with Gasteiger partial charge in [0.15, 0.2) is 6.61 Å². The number of sulfonamides is 1. The molecule has 8 nitrogen and oxygen atoms in total. The number of para-hydroxylation sites is 1. The predicted octanol–water partition coefficient (Wildman–Crippen LogP) is 3.96. The summed E-state index contributed by atoms with van der Waals surface area (Å²) in [5.41, 5.74) is 2.29. The highest BCUT2D eigenvalue weighted by Crippen LogP contribution is 2.32. The number of benzene rings is 2. The standard InChI is InChI=1S/C26H33N3O5S/c1-20-10-4-5-11-22(20)27-25(30)19-34-26(31)21-12-13-23(28-14-6-2-7-15-28)24(18-21)35(32,33)29-16-8-3-9-17-29/h4-5,10-13,18H,2-3,6-9,14-17,19H2,1H3,(H,27,30). The lowest BCUT2D eigenvalue weighted by Crippen LogP contribution is -2.37. The van der Waals surface area contributed by atoms with Crippen molar-refractivity contribution in [3.63, 3.8) is 0 Å². The summed E-state index contributed by atoms with van der Waals surface area (Å²) in [6.45, 7) is 3.94. The zero-order valence-electron chi connectivity index (χ0n) is 20.2. The third kappa shape index (κ3) is 6.02. The van der Waals surface area contributed by atoms with Crippen molar-refractivity contribution in [3.8, 4) is 0 Å². The number of hydrogen-bond acceptors (Lipinski definition) is 6. The van der Waals surface area contributed by atoms with Crippen LogP contribution in [0.4, 0.5) is 11.4 Å². The minimum atomic E-state index is -3.77. The summed E-state index contributed by atoms with van der Waals surface area (Å²) in [6, 6.07) is 12.0. The van der Waals surface area contributed by atoms with Crippen molar-refractivity contribution < 1.29 is 22.7 Å². The second-order valence-electron chi connectivity index (χ2n) is 9.13. The van der Waals surface area contributed by atoms with Gasteiger partial charge in [-0.2, -0.15) is 4.31 Å². The van der Waals surface area contributed by atoms with Crippen molar-refractivity contribution in [1.29, 1.82) is 0 Å². The number of nitrogens with one attached hydrogen (secondary N) is 1. The van der Waals surface area contributed by atoms with Gasteiger partial charge in [0.25, 0.3) is 5.91 Å². The van der Waals surface area contributed by atoms with Crippen LogP contribution < -0.4 is 10.2 Å². The Kier molecular flexibility index (Phi) is 8.07. The molecule has 2 saturated heterocycles. The van der Waals surface area contributed by atoms with Gasteiger partial charge in [0.2, 0.25) is 10.0 Å². The number of piperidine rings is 2. The maximum Gasteiger partial charge on any atom is 0.338 e. The minimum Gasteiger partial charge on any atom is -0.452 e. The van der Waals surface area contributed by atoms with Crippen LogP contribution in [0.3, 0.4) is 0 Å². The van der Waals surface area contributed by atoms with Crippen molar-refractivity contribution in [2.45, 2.75) is 50.3 Å². The van der Waals surface area contributed by atoms with E-state index in [0.29, 0.717) is 24.5 Å². The number of nitrogens with zero attached hydrogens (tertiary/aromatic N) is 2. The Morgan fingerprint density at radius 2 is 1.57 bits per heavy atom. The summed E-state index contributed by atoms with van der Waals surface area (Å²) in [4.78, 5) is 27.3. The molecule has 2 fully saturated rings. The van der Waals surface area contributed by atoms with Crippen molar-refractivity contribution in [2.24, 2.45) is 0 Å². The third-order valence-electron chi connectivity index (χ3n) is 6.58. The number of esters is 1. The summed E-state index contributed by atoms with van der Waals surface area (Å²) in [5, 5.41) is 2.72. The molecule has 2 aliphatic heterocycles. The molecular formula is C26H33N3O5S. The van der Waals surface area contributed by atoms with Gasteiger partial charge in [-0.05, 0) is 68.9 Å². The number of amides is 1. The quantitative estimate of drug-likeness (QED) is 0.580. The molecule has 0 aliphatic carbocycles. The van der Waals surface area contributed by atoms with E-state index in [9.17, 15) is 18.0 Å². The van der Waals surface area contributed by atoms with Crippen LogP contribution in [0, 0.1) is 6.92 Å². The van der Waals surface area contributed by atoms with Crippen LogP contribution in [0.1, 0.15) is 54.4 Å². The fourth-order valence-electron chi connectivity index (χ4n) is 4.60.